The summed E-state index contributed by atoms with van der Waals surface area (Å²) in [5.41, 5.74) is 1.85. The topological polar surface area (TPSA) is 31.9 Å². The van der Waals surface area contributed by atoms with Crippen LogP contribution in [0.5, 0.6) is 0 Å². The molecule has 0 bridgehead atoms. The molecule has 0 atom stereocenters. The van der Waals surface area contributed by atoms with Crippen molar-refractivity contribution < 1.29 is 0 Å². The molecule has 2 heterocycles. The number of nitrogens with zero attached hydrogens (tertiary/aromatic N) is 2. The third kappa shape index (κ3) is 2.48. The summed E-state index contributed by atoms with van der Waals surface area (Å²) >= 11 is 12.0. The molecule has 0 unspecified atom stereocenters. The molecule has 18 heavy (non-hydrogen) atoms. The lowest BCUT2D eigenvalue weighted by Gasteiger charge is -2.12. The Morgan fingerprint density at radius 3 is 2.67 bits per heavy atom. The van der Waals surface area contributed by atoms with Gasteiger partial charge in [-0.1, -0.05) is 23.2 Å². The van der Waals surface area contributed by atoms with Crippen LogP contribution in [0.15, 0.2) is 12.1 Å². The number of nitrogens with one attached hydrogen (secondary N) is 1. The molecule has 1 aliphatic rings. The van der Waals surface area contributed by atoms with Crippen molar-refractivity contribution in [2.75, 3.05) is 19.6 Å². The summed E-state index contributed by atoms with van der Waals surface area (Å²) in [4.78, 5) is 10.3. The zero-order valence-corrected chi connectivity index (χ0v) is 11.6. The van der Waals surface area contributed by atoms with Gasteiger partial charge in [-0.05, 0) is 38.1 Å². The highest BCUT2D eigenvalue weighted by Crippen LogP contribution is 2.26. The van der Waals surface area contributed by atoms with Gasteiger partial charge in [0.05, 0.1) is 21.1 Å². The van der Waals surface area contributed by atoms with Crippen LogP contribution in [0, 0.1) is 0 Å². The highest BCUT2D eigenvalue weighted by atomic mass is 35.5. The number of hydrogen-bond acceptors (Lipinski definition) is 2. The highest BCUT2D eigenvalue weighted by Gasteiger charge is 2.12. The number of aromatic amines is 1. The third-order valence-electron chi connectivity index (χ3n) is 3.44. The number of H-pyrrole nitrogens is 1. The average Bonchev–Trinajstić information content (AvgIpc) is 2.96. The van der Waals surface area contributed by atoms with Crippen molar-refractivity contribution in [2.24, 2.45) is 0 Å². The van der Waals surface area contributed by atoms with Gasteiger partial charge in [0.25, 0.3) is 0 Å². The van der Waals surface area contributed by atoms with E-state index in [1.54, 1.807) is 0 Å². The maximum Gasteiger partial charge on any atom is 0.108 e. The second kappa shape index (κ2) is 5.08. The van der Waals surface area contributed by atoms with Crippen molar-refractivity contribution in [2.45, 2.75) is 19.3 Å². The first kappa shape index (κ1) is 12.3. The van der Waals surface area contributed by atoms with E-state index < -0.39 is 0 Å². The van der Waals surface area contributed by atoms with Crippen LogP contribution < -0.4 is 0 Å². The van der Waals surface area contributed by atoms with E-state index in [4.69, 9.17) is 23.2 Å². The van der Waals surface area contributed by atoms with Gasteiger partial charge in [-0.25, -0.2) is 4.98 Å². The van der Waals surface area contributed by atoms with Gasteiger partial charge in [0.2, 0.25) is 0 Å². The minimum absolute atomic E-state index is 0.557. The molecule has 0 saturated carbocycles. The fraction of sp³-hybridized carbons (Fsp3) is 0.462. The molecular formula is C13H15Cl2N3. The van der Waals surface area contributed by atoms with Crippen molar-refractivity contribution in [3.63, 3.8) is 0 Å². The van der Waals surface area contributed by atoms with E-state index in [0.29, 0.717) is 10.0 Å². The Morgan fingerprint density at radius 2 is 1.89 bits per heavy atom. The molecule has 0 radical (unpaired) electrons. The molecule has 0 amide bonds. The molecule has 3 rings (SSSR count). The van der Waals surface area contributed by atoms with Crippen molar-refractivity contribution in [1.29, 1.82) is 0 Å². The van der Waals surface area contributed by atoms with Gasteiger partial charge in [-0.15, -0.1) is 0 Å². The van der Waals surface area contributed by atoms with Crippen LogP contribution in [0.25, 0.3) is 11.0 Å². The van der Waals surface area contributed by atoms with E-state index in [1.165, 1.54) is 25.9 Å². The minimum atomic E-state index is 0.557. The van der Waals surface area contributed by atoms with Crippen LogP contribution in [0.4, 0.5) is 0 Å². The van der Waals surface area contributed by atoms with Gasteiger partial charge in [-0.3, -0.25) is 0 Å². The number of aromatic nitrogens is 2. The summed E-state index contributed by atoms with van der Waals surface area (Å²) < 4.78 is 0. The zero-order chi connectivity index (χ0) is 12.5. The van der Waals surface area contributed by atoms with E-state index >= 15 is 0 Å². The van der Waals surface area contributed by atoms with Gasteiger partial charge in [-0.2, -0.15) is 0 Å². The number of halogens is 2. The van der Waals surface area contributed by atoms with Gasteiger partial charge in [0, 0.05) is 13.0 Å². The molecule has 0 spiro atoms. The zero-order valence-electron chi connectivity index (χ0n) is 10.0. The van der Waals surface area contributed by atoms with Crippen molar-refractivity contribution in [1.82, 2.24) is 14.9 Å². The Balaban J connectivity index is 1.76. The van der Waals surface area contributed by atoms with E-state index in [-0.39, 0.29) is 0 Å². The Labute approximate surface area is 116 Å². The summed E-state index contributed by atoms with van der Waals surface area (Å²) in [6, 6.07) is 3.65. The highest BCUT2D eigenvalue weighted by molar-refractivity contribution is 6.42. The van der Waals surface area contributed by atoms with E-state index in [1.807, 2.05) is 12.1 Å². The largest absolute Gasteiger partial charge is 0.342 e. The van der Waals surface area contributed by atoms with Crippen LogP contribution in [-0.2, 0) is 6.42 Å². The SMILES string of the molecule is Clc1cc2nc(CCN3CCCC3)[nH]c2cc1Cl. The molecule has 5 heteroatoms. The molecule has 1 aliphatic heterocycles. The van der Waals surface area contributed by atoms with E-state index in [2.05, 4.69) is 14.9 Å². The Morgan fingerprint density at radius 1 is 1.17 bits per heavy atom. The third-order valence-corrected chi connectivity index (χ3v) is 4.16. The average molecular weight is 284 g/mol. The predicted molar refractivity (Wildman–Crippen MR) is 75.5 cm³/mol. The smallest absolute Gasteiger partial charge is 0.108 e. The lowest BCUT2D eigenvalue weighted by molar-refractivity contribution is 0.341. The molecular weight excluding hydrogens is 269 g/mol. The normalized spacial score (nSPS) is 16.8. The fourth-order valence-corrected chi connectivity index (χ4v) is 2.77. The second-order valence-electron chi connectivity index (χ2n) is 4.77. The summed E-state index contributed by atoms with van der Waals surface area (Å²) in [5.74, 6) is 1.01. The second-order valence-corrected chi connectivity index (χ2v) is 5.58. The van der Waals surface area contributed by atoms with Crippen LogP contribution in [-0.4, -0.2) is 34.5 Å². The number of fused-ring (bicyclic) bond motifs is 1. The molecule has 0 aliphatic carbocycles. The molecule has 2 aromatic rings. The van der Waals surface area contributed by atoms with Crippen LogP contribution >= 0.6 is 23.2 Å². The van der Waals surface area contributed by atoms with E-state index in [9.17, 15) is 0 Å². The molecule has 1 N–H and O–H groups in total. The molecule has 1 saturated heterocycles. The first-order valence-corrected chi connectivity index (χ1v) is 7.04. The van der Waals surface area contributed by atoms with Gasteiger partial charge < -0.3 is 9.88 Å². The van der Waals surface area contributed by atoms with E-state index in [0.717, 1.165) is 29.8 Å². The first-order valence-electron chi connectivity index (χ1n) is 6.28. The quantitative estimate of drug-likeness (QED) is 0.935. The van der Waals surface area contributed by atoms with Crippen LogP contribution in [0.1, 0.15) is 18.7 Å². The summed E-state index contributed by atoms with van der Waals surface area (Å²) in [7, 11) is 0. The summed E-state index contributed by atoms with van der Waals surface area (Å²) in [6.45, 7) is 3.51. The standard InChI is InChI=1S/C13H15Cl2N3/c14-9-7-11-12(8-10(9)15)17-13(16-11)3-6-18-4-1-2-5-18/h7-8H,1-6H2,(H,16,17). The molecule has 1 aromatic carbocycles. The summed E-state index contributed by atoms with van der Waals surface area (Å²) in [6.07, 6.45) is 3.60. The number of rotatable bonds is 3. The Kier molecular flexibility index (Phi) is 3.46. The number of hydrogen-bond donors (Lipinski definition) is 1. The van der Waals surface area contributed by atoms with Crippen molar-refractivity contribution in [3.05, 3.63) is 28.0 Å². The van der Waals surface area contributed by atoms with Gasteiger partial charge in [0.1, 0.15) is 5.82 Å². The molecule has 3 nitrogen and oxygen atoms in total. The number of benzene rings is 1. The predicted octanol–water partition coefficient (Wildman–Crippen LogP) is 3.51. The first-order chi connectivity index (χ1) is 8.72. The number of likely N-dealkylation sites (tertiary alicyclic amines) is 1. The van der Waals surface area contributed by atoms with Gasteiger partial charge in [0.15, 0.2) is 0 Å². The lowest BCUT2D eigenvalue weighted by atomic mass is 10.3. The maximum atomic E-state index is 5.99. The molecule has 96 valence electrons. The van der Waals surface area contributed by atoms with Crippen LogP contribution in [0.2, 0.25) is 10.0 Å². The van der Waals surface area contributed by atoms with Crippen molar-refractivity contribution in [3.8, 4) is 0 Å². The maximum absolute atomic E-state index is 5.99. The molecule has 1 aromatic heterocycles. The van der Waals surface area contributed by atoms with Gasteiger partial charge >= 0.3 is 0 Å². The molecule has 1 fully saturated rings. The lowest BCUT2D eigenvalue weighted by Crippen LogP contribution is -2.22. The van der Waals surface area contributed by atoms with Crippen LogP contribution in [0.3, 0.4) is 0 Å². The van der Waals surface area contributed by atoms with Crippen molar-refractivity contribution >= 4 is 34.2 Å². The number of imidazole rings is 1. The fourth-order valence-electron chi connectivity index (χ4n) is 2.45. The Hall–Kier alpha value is -0.770. The Bertz CT molecular complexity index is 520. The minimum Gasteiger partial charge on any atom is -0.342 e. The summed E-state index contributed by atoms with van der Waals surface area (Å²) in [5, 5.41) is 1.13. The monoisotopic (exact) mass is 283 g/mol.